The number of likely N-dealkylation sites (tertiary alicyclic amines) is 1. The van der Waals surface area contributed by atoms with E-state index in [2.05, 4.69) is 17.1 Å². The van der Waals surface area contributed by atoms with Gasteiger partial charge in [0.15, 0.2) is 5.82 Å². The molecule has 3 heterocycles. The molecular formula is C17H23N3O2S. The highest BCUT2D eigenvalue weighted by atomic mass is 32.1. The molecule has 0 aromatic carbocycles. The van der Waals surface area contributed by atoms with Crippen molar-refractivity contribution in [2.24, 2.45) is 0 Å². The molecule has 6 heteroatoms. The van der Waals surface area contributed by atoms with Gasteiger partial charge in [0.25, 0.3) is 0 Å². The van der Waals surface area contributed by atoms with Gasteiger partial charge in [-0.1, -0.05) is 24.6 Å². The van der Waals surface area contributed by atoms with Crippen molar-refractivity contribution in [3.63, 3.8) is 0 Å². The summed E-state index contributed by atoms with van der Waals surface area (Å²) in [6.07, 6.45) is 6.53. The predicted molar refractivity (Wildman–Crippen MR) is 89.2 cm³/mol. The first-order chi connectivity index (χ1) is 11.3. The lowest BCUT2D eigenvalue weighted by atomic mass is 10.0. The van der Waals surface area contributed by atoms with Crippen molar-refractivity contribution < 1.29 is 9.32 Å². The average molecular weight is 333 g/mol. The lowest BCUT2D eigenvalue weighted by molar-refractivity contribution is -0.134. The number of amides is 1. The summed E-state index contributed by atoms with van der Waals surface area (Å²) < 4.78 is 5.46. The van der Waals surface area contributed by atoms with Crippen molar-refractivity contribution in [1.82, 2.24) is 15.0 Å². The lowest BCUT2D eigenvalue weighted by Gasteiger charge is -2.33. The summed E-state index contributed by atoms with van der Waals surface area (Å²) in [5.41, 5.74) is 0. The minimum absolute atomic E-state index is 0.0564. The lowest BCUT2D eigenvalue weighted by Crippen LogP contribution is -2.39. The molecule has 124 valence electrons. The molecule has 0 bridgehead atoms. The van der Waals surface area contributed by atoms with Crippen LogP contribution in [-0.4, -0.2) is 27.5 Å². The van der Waals surface area contributed by atoms with E-state index in [1.807, 2.05) is 22.4 Å². The number of thiophene rings is 1. The highest BCUT2D eigenvalue weighted by Gasteiger charge is 2.32. The van der Waals surface area contributed by atoms with Crippen molar-refractivity contribution >= 4 is 17.2 Å². The maximum Gasteiger partial charge on any atom is 0.249 e. The minimum Gasteiger partial charge on any atom is -0.337 e. The Labute approximate surface area is 140 Å². The number of carbonyl (C=O) groups is 1. The molecule has 1 fully saturated rings. The molecule has 2 aromatic heterocycles. The second-order valence-electron chi connectivity index (χ2n) is 6.01. The maximum atomic E-state index is 12.7. The number of piperidine rings is 1. The molecular weight excluding hydrogens is 310 g/mol. The topological polar surface area (TPSA) is 59.2 Å². The van der Waals surface area contributed by atoms with Crippen LogP contribution in [0.1, 0.15) is 61.7 Å². The van der Waals surface area contributed by atoms with Gasteiger partial charge in [0, 0.05) is 17.8 Å². The summed E-state index contributed by atoms with van der Waals surface area (Å²) in [5, 5.41) is 6.08. The zero-order valence-electron chi connectivity index (χ0n) is 13.5. The van der Waals surface area contributed by atoms with Crippen LogP contribution in [-0.2, 0) is 17.6 Å². The third kappa shape index (κ3) is 3.99. The van der Waals surface area contributed by atoms with Crippen molar-refractivity contribution in [3.05, 3.63) is 34.1 Å². The monoisotopic (exact) mass is 333 g/mol. The Morgan fingerprint density at radius 1 is 1.48 bits per heavy atom. The highest BCUT2D eigenvalue weighted by Crippen LogP contribution is 2.30. The number of unbranched alkanes of at least 4 members (excludes halogenated alkanes) is 1. The largest absolute Gasteiger partial charge is 0.337 e. The van der Waals surface area contributed by atoms with Crippen LogP contribution in [0.2, 0.25) is 0 Å². The number of carbonyl (C=O) groups excluding carboxylic acids is 1. The van der Waals surface area contributed by atoms with Crippen LogP contribution in [0.3, 0.4) is 0 Å². The molecule has 0 spiro atoms. The number of nitrogens with zero attached hydrogens (tertiary/aromatic N) is 3. The highest BCUT2D eigenvalue weighted by molar-refractivity contribution is 7.10. The molecule has 2 aromatic rings. The predicted octanol–water partition coefficient (Wildman–Crippen LogP) is 3.77. The van der Waals surface area contributed by atoms with Gasteiger partial charge in [-0.25, -0.2) is 0 Å². The van der Waals surface area contributed by atoms with Crippen molar-refractivity contribution in [2.75, 3.05) is 6.54 Å². The van der Waals surface area contributed by atoms with E-state index in [0.717, 1.165) is 55.8 Å². The van der Waals surface area contributed by atoms with E-state index in [-0.39, 0.29) is 11.9 Å². The van der Waals surface area contributed by atoms with E-state index < -0.39 is 0 Å². The fraction of sp³-hybridized carbons (Fsp3) is 0.588. The number of aromatic nitrogens is 2. The quantitative estimate of drug-likeness (QED) is 0.807. The SMILES string of the molecule is CCCCc1noc([C@@H]2CCCCN2C(=O)Cc2cccs2)n1. The molecule has 3 rings (SSSR count). The van der Waals surface area contributed by atoms with Gasteiger partial charge in [-0.05, 0) is 37.1 Å². The second kappa shape index (κ2) is 7.73. The Morgan fingerprint density at radius 3 is 3.17 bits per heavy atom. The van der Waals surface area contributed by atoms with Crippen LogP contribution < -0.4 is 0 Å². The van der Waals surface area contributed by atoms with Crippen molar-refractivity contribution in [3.8, 4) is 0 Å². The first-order valence-corrected chi connectivity index (χ1v) is 9.30. The normalized spacial score (nSPS) is 18.3. The third-order valence-electron chi connectivity index (χ3n) is 4.25. The van der Waals surface area contributed by atoms with Gasteiger partial charge in [0.05, 0.1) is 6.42 Å². The van der Waals surface area contributed by atoms with E-state index in [4.69, 9.17) is 4.52 Å². The van der Waals surface area contributed by atoms with Crippen LogP contribution in [0.15, 0.2) is 22.0 Å². The molecule has 0 N–H and O–H groups in total. The summed E-state index contributed by atoms with van der Waals surface area (Å²) in [7, 11) is 0. The zero-order valence-corrected chi connectivity index (χ0v) is 14.3. The van der Waals surface area contributed by atoms with Gasteiger partial charge in [-0.2, -0.15) is 4.98 Å². The molecule has 23 heavy (non-hydrogen) atoms. The molecule has 0 saturated carbocycles. The Morgan fingerprint density at radius 2 is 2.39 bits per heavy atom. The van der Waals surface area contributed by atoms with Gasteiger partial charge in [-0.3, -0.25) is 4.79 Å². The van der Waals surface area contributed by atoms with E-state index in [9.17, 15) is 4.79 Å². The smallest absolute Gasteiger partial charge is 0.249 e. The summed E-state index contributed by atoms with van der Waals surface area (Å²) in [5.74, 6) is 1.53. The number of hydrogen-bond donors (Lipinski definition) is 0. The molecule has 0 unspecified atom stereocenters. The van der Waals surface area contributed by atoms with Crippen LogP contribution in [0.25, 0.3) is 0 Å². The molecule has 1 atom stereocenters. The van der Waals surface area contributed by atoms with Gasteiger partial charge < -0.3 is 9.42 Å². The Bertz CT molecular complexity index is 624. The molecule has 1 amide bonds. The van der Waals surface area contributed by atoms with Gasteiger partial charge in [0.2, 0.25) is 11.8 Å². The number of rotatable bonds is 6. The number of hydrogen-bond acceptors (Lipinski definition) is 5. The molecule has 0 radical (unpaired) electrons. The van der Waals surface area contributed by atoms with E-state index >= 15 is 0 Å². The third-order valence-corrected chi connectivity index (χ3v) is 5.13. The standard InChI is InChI=1S/C17H23N3O2S/c1-2-3-9-15-18-17(22-19-15)14-8-4-5-10-20(14)16(21)12-13-7-6-11-23-13/h6-7,11,14H,2-5,8-10,12H2,1H3/t14-/m0/s1. The molecule has 1 aliphatic heterocycles. The Balaban J connectivity index is 1.70. The minimum atomic E-state index is -0.0564. The summed E-state index contributed by atoms with van der Waals surface area (Å²) in [6.45, 7) is 2.93. The Hall–Kier alpha value is -1.69. The van der Waals surface area contributed by atoms with E-state index in [0.29, 0.717) is 12.3 Å². The molecule has 0 aliphatic carbocycles. The van der Waals surface area contributed by atoms with E-state index in [1.165, 1.54) is 0 Å². The first kappa shape index (κ1) is 16.2. The zero-order chi connectivity index (χ0) is 16.1. The van der Waals surface area contributed by atoms with Crippen molar-refractivity contribution in [2.45, 2.75) is 57.9 Å². The average Bonchev–Trinajstić information content (AvgIpc) is 3.24. The van der Waals surface area contributed by atoms with Gasteiger partial charge >= 0.3 is 0 Å². The van der Waals surface area contributed by atoms with Crippen LogP contribution in [0, 0.1) is 0 Å². The summed E-state index contributed by atoms with van der Waals surface area (Å²) in [6, 6.07) is 3.94. The molecule has 1 aliphatic rings. The van der Waals surface area contributed by atoms with Gasteiger partial charge in [-0.15, -0.1) is 11.3 Å². The fourth-order valence-electron chi connectivity index (χ4n) is 2.99. The Kier molecular flexibility index (Phi) is 5.43. The molecule has 5 nitrogen and oxygen atoms in total. The molecule has 1 saturated heterocycles. The first-order valence-electron chi connectivity index (χ1n) is 8.42. The van der Waals surface area contributed by atoms with Crippen LogP contribution in [0.5, 0.6) is 0 Å². The summed E-state index contributed by atoms with van der Waals surface area (Å²) in [4.78, 5) is 20.2. The maximum absolute atomic E-state index is 12.7. The summed E-state index contributed by atoms with van der Waals surface area (Å²) >= 11 is 1.63. The van der Waals surface area contributed by atoms with Gasteiger partial charge in [0.1, 0.15) is 6.04 Å². The van der Waals surface area contributed by atoms with Crippen molar-refractivity contribution in [1.29, 1.82) is 0 Å². The fourth-order valence-corrected chi connectivity index (χ4v) is 3.69. The van der Waals surface area contributed by atoms with Crippen LogP contribution >= 0.6 is 11.3 Å². The number of aryl methyl sites for hydroxylation is 1. The van der Waals surface area contributed by atoms with Crippen LogP contribution in [0.4, 0.5) is 0 Å². The van der Waals surface area contributed by atoms with E-state index in [1.54, 1.807) is 11.3 Å². The second-order valence-corrected chi connectivity index (χ2v) is 7.04.